The summed E-state index contributed by atoms with van der Waals surface area (Å²) in [6, 6.07) is 15.7. The Morgan fingerprint density at radius 3 is 2.14 bits per heavy atom. The van der Waals surface area contributed by atoms with Crippen molar-refractivity contribution in [2.45, 2.75) is 19.2 Å². The number of hydrogen-bond acceptors (Lipinski definition) is 3. The second-order valence-corrected chi connectivity index (χ2v) is 7.81. The van der Waals surface area contributed by atoms with Crippen LogP contribution >= 0.6 is 0 Å². The Morgan fingerprint density at radius 2 is 1.41 bits per heavy atom. The molecular weight excluding hydrogens is 366 g/mol. The minimum Gasteiger partial charge on any atom is -0.373 e. The zero-order valence-electron chi connectivity index (χ0n) is 15.3. The number of benzene rings is 3. The van der Waals surface area contributed by atoms with Crippen molar-refractivity contribution in [3.05, 3.63) is 59.7 Å². The molecule has 0 spiro atoms. The van der Waals surface area contributed by atoms with Crippen LogP contribution < -0.4 is 5.32 Å². The van der Waals surface area contributed by atoms with Gasteiger partial charge in [0, 0.05) is 40.0 Å². The van der Waals surface area contributed by atoms with E-state index in [-0.39, 0.29) is 11.8 Å². The number of nitrogens with one attached hydrogen (secondary N) is 1. The van der Waals surface area contributed by atoms with E-state index in [4.69, 9.17) is 0 Å². The number of imide groups is 1. The molecule has 1 unspecified atom stereocenters. The van der Waals surface area contributed by atoms with Gasteiger partial charge in [0.15, 0.2) is 0 Å². The molecule has 0 fully saturated rings. The zero-order chi connectivity index (χ0) is 19.4. The van der Waals surface area contributed by atoms with Crippen molar-refractivity contribution in [1.29, 1.82) is 0 Å². The first-order chi connectivity index (χ1) is 14.2. The first-order valence-electron chi connectivity index (χ1n) is 9.70. The Balaban J connectivity index is 1.95. The highest BCUT2D eigenvalue weighted by atomic mass is 16.3. The third-order valence-electron chi connectivity index (χ3n) is 6.45. The lowest BCUT2D eigenvalue weighted by Crippen LogP contribution is -2.20. The van der Waals surface area contributed by atoms with Gasteiger partial charge in [-0.1, -0.05) is 36.4 Å². The molecule has 2 aliphatic heterocycles. The third kappa shape index (κ3) is 1.60. The van der Waals surface area contributed by atoms with Gasteiger partial charge in [-0.2, -0.15) is 0 Å². The molecule has 6 heteroatoms. The van der Waals surface area contributed by atoms with Crippen molar-refractivity contribution in [3.8, 4) is 0 Å². The third-order valence-corrected chi connectivity index (χ3v) is 6.45. The first kappa shape index (κ1) is 15.3. The highest BCUT2D eigenvalue weighted by Gasteiger charge is 2.37. The molecule has 4 heterocycles. The summed E-state index contributed by atoms with van der Waals surface area (Å²) in [5, 5.41) is 16.9. The van der Waals surface area contributed by atoms with Gasteiger partial charge in [0.2, 0.25) is 0 Å². The molecule has 2 aromatic heterocycles. The number of nitrogens with zero attached hydrogens (tertiary/aromatic N) is 2. The molecule has 29 heavy (non-hydrogen) atoms. The van der Waals surface area contributed by atoms with E-state index in [1.807, 2.05) is 53.1 Å². The van der Waals surface area contributed by atoms with E-state index in [0.29, 0.717) is 24.1 Å². The summed E-state index contributed by atoms with van der Waals surface area (Å²) in [5.41, 5.74) is 4.49. The van der Waals surface area contributed by atoms with Crippen molar-refractivity contribution < 1.29 is 14.7 Å². The lowest BCUT2D eigenvalue weighted by atomic mass is 9.96. The standard InChI is InChI=1S/C23H15N3O3/c27-15-9-10-25-13-7-3-1-5-11(13)16-18-19(23(29)24-22(18)28)17-12-6-2-4-8-14(12)26(15)21(17)20(16)25/h1-8,15,27H,9-10H2,(H,24,28,29). The number of amides is 2. The number of aromatic nitrogens is 2. The summed E-state index contributed by atoms with van der Waals surface area (Å²) in [6.07, 6.45) is -0.168. The average molecular weight is 381 g/mol. The number of aliphatic hydroxyl groups is 1. The first-order valence-corrected chi connectivity index (χ1v) is 9.70. The minimum atomic E-state index is -0.711. The molecule has 0 radical (unpaired) electrons. The molecule has 6 nitrogen and oxygen atoms in total. The Labute approximate surface area is 163 Å². The fourth-order valence-corrected chi connectivity index (χ4v) is 5.40. The number of rotatable bonds is 0. The number of aryl methyl sites for hydroxylation is 1. The monoisotopic (exact) mass is 381 g/mol. The van der Waals surface area contributed by atoms with Crippen LogP contribution in [0.1, 0.15) is 33.4 Å². The average Bonchev–Trinajstić information content (AvgIpc) is 3.30. The van der Waals surface area contributed by atoms with Gasteiger partial charge in [-0.3, -0.25) is 14.9 Å². The molecule has 2 N–H and O–H groups in total. The topological polar surface area (TPSA) is 76.3 Å². The number of para-hydroxylation sites is 2. The summed E-state index contributed by atoms with van der Waals surface area (Å²) < 4.78 is 4.13. The van der Waals surface area contributed by atoms with E-state index in [0.717, 1.165) is 43.6 Å². The lowest BCUT2D eigenvalue weighted by Gasteiger charge is -2.13. The predicted molar refractivity (Wildman–Crippen MR) is 110 cm³/mol. The molecule has 5 aromatic rings. The summed E-state index contributed by atoms with van der Waals surface area (Å²) >= 11 is 0. The minimum absolute atomic E-state index is 0.351. The molecule has 0 aliphatic carbocycles. The fourth-order valence-electron chi connectivity index (χ4n) is 5.40. The lowest BCUT2D eigenvalue weighted by molar-refractivity contribution is 0.0880. The number of aliphatic hydroxyl groups excluding tert-OH is 1. The van der Waals surface area contributed by atoms with Crippen LogP contribution in [-0.4, -0.2) is 26.1 Å². The Kier molecular flexibility index (Phi) is 2.56. The Morgan fingerprint density at radius 1 is 0.828 bits per heavy atom. The van der Waals surface area contributed by atoms with Gasteiger partial charge < -0.3 is 14.2 Å². The van der Waals surface area contributed by atoms with Crippen LogP contribution in [0.25, 0.3) is 43.6 Å². The van der Waals surface area contributed by atoms with Crippen LogP contribution in [-0.2, 0) is 6.54 Å². The van der Waals surface area contributed by atoms with Crippen LogP contribution in [0.2, 0.25) is 0 Å². The fraction of sp³-hybridized carbons (Fsp3) is 0.130. The smallest absolute Gasteiger partial charge is 0.259 e. The summed E-state index contributed by atoms with van der Waals surface area (Å²) in [5.74, 6) is -0.721. The van der Waals surface area contributed by atoms with E-state index < -0.39 is 6.23 Å². The van der Waals surface area contributed by atoms with Gasteiger partial charge in [0.05, 0.1) is 27.7 Å². The van der Waals surface area contributed by atoms with Crippen molar-refractivity contribution in [2.75, 3.05) is 0 Å². The molecule has 0 bridgehead atoms. The maximum absolute atomic E-state index is 12.9. The van der Waals surface area contributed by atoms with Crippen molar-refractivity contribution in [2.24, 2.45) is 0 Å². The summed E-state index contributed by atoms with van der Waals surface area (Å²) in [6.45, 7) is 0.630. The molecule has 140 valence electrons. The van der Waals surface area contributed by atoms with Crippen molar-refractivity contribution in [1.82, 2.24) is 14.5 Å². The van der Waals surface area contributed by atoms with Gasteiger partial charge in [0.1, 0.15) is 6.23 Å². The van der Waals surface area contributed by atoms with E-state index in [9.17, 15) is 14.7 Å². The van der Waals surface area contributed by atoms with E-state index in [1.165, 1.54) is 0 Å². The van der Waals surface area contributed by atoms with E-state index >= 15 is 0 Å². The van der Waals surface area contributed by atoms with Gasteiger partial charge in [-0.25, -0.2) is 0 Å². The van der Waals surface area contributed by atoms with Gasteiger partial charge in [-0.05, 0) is 12.1 Å². The molecule has 7 rings (SSSR count). The molecule has 0 saturated heterocycles. The van der Waals surface area contributed by atoms with E-state index in [2.05, 4.69) is 9.88 Å². The van der Waals surface area contributed by atoms with Crippen molar-refractivity contribution in [3.63, 3.8) is 0 Å². The highest BCUT2D eigenvalue weighted by molar-refractivity contribution is 6.39. The van der Waals surface area contributed by atoms with Gasteiger partial charge >= 0.3 is 0 Å². The van der Waals surface area contributed by atoms with Crippen LogP contribution in [0.5, 0.6) is 0 Å². The quantitative estimate of drug-likeness (QED) is 0.402. The highest BCUT2D eigenvalue weighted by Crippen LogP contribution is 2.47. The second kappa shape index (κ2) is 4.85. The van der Waals surface area contributed by atoms with E-state index in [1.54, 1.807) is 0 Å². The van der Waals surface area contributed by atoms with Gasteiger partial charge in [-0.15, -0.1) is 0 Å². The predicted octanol–water partition coefficient (Wildman–Crippen LogP) is 3.68. The summed E-state index contributed by atoms with van der Waals surface area (Å²) in [4.78, 5) is 25.8. The van der Waals surface area contributed by atoms with Crippen molar-refractivity contribution >= 4 is 55.4 Å². The SMILES string of the molecule is O=C1NC(=O)c2c1c1c3ccccc3n3c1c1c2c2ccccc2n1C(O)CC3. The molecule has 3 aromatic carbocycles. The molecule has 2 amide bonds. The number of fused-ring (bicyclic) bond motifs is 9. The van der Waals surface area contributed by atoms with Crippen LogP contribution in [0.3, 0.4) is 0 Å². The Hall–Kier alpha value is -3.64. The largest absolute Gasteiger partial charge is 0.373 e. The zero-order valence-corrected chi connectivity index (χ0v) is 15.3. The molecule has 0 saturated carbocycles. The molecule has 1 atom stereocenters. The number of hydrogen-bond donors (Lipinski definition) is 2. The number of carbonyl (C=O) groups is 2. The van der Waals surface area contributed by atoms with Crippen LogP contribution in [0.4, 0.5) is 0 Å². The maximum Gasteiger partial charge on any atom is 0.259 e. The van der Waals surface area contributed by atoms with Gasteiger partial charge in [0.25, 0.3) is 11.8 Å². The van der Waals surface area contributed by atoms with Crippen LogP contribution in [0.15, 0.2) is 48.5 Å². The molecule has 2 aliphatic rings. The Bertz CT molecular complexity index is 1590. The van der Waals surface area contributed by atoms with Crippen LogP contribution in [0, 0.1) is 0 Å². The maximum atomic E-state index is 12.9. The number of carbonyl (C=O) groups excluding carboxylic acids is 2. The second-order valence-electron chi connectivity index (χ2n) is 7.81. The molecular formula is C23H15N3O3. The summed E-state index contributed by atoms with van der Waals surface area (Å²) in [7, 11) is 0. The normalized spacial score (nSPS) is 18.3.